The minimum Gasteiger partial charge on any atom is -0.338 e. The predicted octanol–water partition coefficient (Wildman–Crippen LogP) is 2.38. The van der Waals surface area contributed by atoms with Crippen LogP contribution in [0.25, 0.3) is 11.4 Å². The van der Waals surface area contributed by atoms with Gasteiger partial charge in [-0.15, -0.1) is 5.10 Å². The summed E-state index contributed by atoms with van der Waals surface area (Å²) in [5, 5.41) is 7.30. The predicted molar refractivity (Wildman–Crippen MR) is 87.0 cm³/mol. The van der Waals surface area contributed by atoms with Crippen LogP contribution in [-0.4, -0.2) is 34.3 Å². The first-order valence-corrected chi connectivity index (χ1v) is 7.89. The third-order valence-corrected chi connectivity index (χ3v) is 4.53. The van der Waals surface area contributed by atoms with E-state index in [1.807, 2.05) is 12.1 Å². The van der Waals surface area contributed by atoms with Crippen molar-refractivity contribution in [2.45, 2.75) is 12.5 Å². The van der Waals surface area contributed by atoms with E-state index in [0.29, 0.717) is 0 Å². The zero-order valence-electron chi connectivity index (χ0n) is 10.1. The lowest BCUT2D eigenvalue weighted by atomic mass is 10.2. The maximum Gasteiger partial charge on any atom is 0.245 e. The summed E-state index contributed by atoms with van der Waals surface area (Å²) in [5.41, 5.74) is 6.93. The van der Waals surface area contributed by atoms with E-state index in [2.05, 4.69) is 64.7 Å². The molecule has 0 radical (unpaired) electrons. The second-order valence-corrected chi connectivity index (χ2v) is 6.70. The van der Waals surface area contributed by atoms with Gasteiger partial charge in [0, 0.05) is 32.7 Å². The fraction of sp³-hybridized carbons (Fsp3) is 0.333. The van der Waals surface area contributed by atoms with Gasteiger partial charge < -0.3 is 10.6 Å². The number of anilines is 1. The molecule has 1 aliphatic heterocycles. The Morgan fingerprint density at radius 2 is 2.32 bits per heavy atom. The van der Waals surface area contributed by atoms with Gasteiger partial charge in [0.05, 0.1) is 0 Å². The number of nitrogens with two attached hydrogens (primary N) is 1. The second kappa shape index (κ2) is 5.37. The van der Waals surface area contributed by atoms with Crippen molar-refractivity contribution in [2.24, 2.45) is 5.73 Å². The molecule has 1 aromatic heterocycles. The summed E-state index contributed by atoms with van der Waals surface area (Å²) < 4.78 is 2.17. The van der Waals surface area contributed by atoms with Gasteiger partial charge in [-0.3, -0.25) is 5.10 Å². The number of nitrogens with one attached hydrogen (secondary N) is 1. The van der Waals surface area contributed by atoms with E-state index >= 15 is 0 Å². The molecule has 3 rings (SSSR count). The van der Waals surface area contributed by atoms with E-state index in [4.69, 9.17) is 5.73 Å². The molecular formula is C12H13BrIN5. The molecule has 5 nitrogen and oxygen atoms in total. The Morgan fingerprint density at radius 1 is 1.47 bits per heavy atom. The second-order valence-electron chi connectivity index (χ2n) is 4.60. The van der Waals surface area contributed by atoms with Crippen molar-refractivity contribution in [3.05, 3.63) is 26.2 Å². The molecule has 1 atom stereocenters. The highest BCUT2D eigenvalue weighted by molar-refractivity contribution is 14.1. The molecule has 19 heavy (non-hydrogen) atoms. The van der Waals surface area contributed by atoms with Crippen LogP contribution >= 0.6 is 38.5 Å². The zero-order valence-corrected chi connectivity index (χ0v) is 13.8. The lowest BCUT2D eigenvalue weighted by Crippen LogP contribution is -2.26. The molecule has 1 aromatic carbocycles. The maximum atomic E-state index is 5.91. The molecule has 0 saturated carbocycles. The van der Waals surface area contributed by atoms with E-state index in [-0.39, 0.29) is 6.04 Å². The van der Waals surface area contributed by atoms with Crippen molar-refractivity contribution in [3.63, 3.8) is 0 Å². The Labute approximate surface area is 133 Å². The van der Waals surface area contributed by atoms with Crippen LogP contribution in [0.5, 0.6) is 0 Å². The smallest absolute Gasteiger partial charge is 0.245 e. The Morgan fingerprint density at radius 3 is 3.05 bits per heavy atom. The summed E-state index contributed by atoms with van der Waals surface area (Å²) in [4.78, 5) is 6.69. The summed E-state index contributed by atoms with van der Waals surface area (Å²) in [6.07, 6.45) is 0.997. The van der Waals surface area contributed by atoms with Crippen LogP contribution in [0.4, 0.5) is 5.95 Å². The van der Waals surface area contributed by atoms with Crippen molar-refractivity contribution in [2.75, 3.05) is 18.0 Å². The van der Waals surface area contributed by atoms with E-state index in [9.17, 15) is 0 Å². The number of aromatic amines is 1. The Kier molecular flexibility index (Phi) is 3.77. The summed E-state index contributed by atoms with van der Waals surface area (Å²) in [5.74, 6) is 1.51. The molecule has 1 aliphatic rings. The average Bonchev–Trinajstić information content (AvgIpc) is 3.00. The molecule has 1 fully saturated rings. The van der Waals surface area contributed by atoms with Gasteiger partial charge in [0.25, 0.3) is 0 Å². The minimum atomic E-state index is 0.228. The summed E-state index contributed by atoms with van der Waals surface area (Å²) in [6.45, 7) is 1.75. The number of nitrogens with zero attached hydrogens (tertiary/aromatic N) is 3. The number of benzene rings is 1. The van der Waals surface area contributed by atoms with E-state index in [1.165, 1.54) is 0 Å². The van der Waals surface area contributed by atoms with Crippen LogP contribution in [0.2, 0.25) is 0 Å². The molecule has 0 bridgehead atoms. The number of hydrogen-bond donors (Lipinski definition) is 2. The van der Waals surface area contributed by atoms with Gasteiger partial charge in [-0.1, -0.05) is 15.9 Å². The summed E-state index contributed by atoms with van der Waals surface area (Å²) in [7, 11) is 0. The Bertz CT molecular complexity index is 600. The Hall–Kier alpha value is -0.670. The molecule has 7 heteroatoms. The van der Waals surface area contributed by atoms with E-state index in [1.54, 1.807) is 0 Å². The highest BCUT2D eigenvalue weighted by atomic mass is 127. The van der Waals surface area contributed by atoms with Gasteiger partial charge in [0.2, 0.25) is 5.95 Å². The number of H-pyrrole nitrogens is 1. The van der Waals surface area contributed by atoms with Gasteiger partial charge in [0.15, 0.2) is 5.82 Å². The average molecular weight is 434 g/mol. The van der Waals surface area contributed by atoms with Crippen LogP contribution in [-0.2, 0) is 0 Å². The lowest BCUT2D eigenvalue weighted by Gasteiger charge is -2.11. The number of aromatic nitrogens is 3. The van der Waals surface area contributed by atoms with Crippen LogP contribution in [0.15, 0.2) is 22.7 Å². The topological polar surface area (TPSA) is 70.8 Å². The molecule has 2 aromatic rings. The van der Waals surface area contributed by atoms with Crippen molar-refractivity contribution >= 4 is 44.5 Å². The number of halogens is 2. The molecule has 1 saturated heterocycles. The normalized spacial score (nSPS) is 19.1. The molecule has 0 amide bonds. The van der Waals surface area contributed by atoms with Crippen molar-refractivity contribution < 1.29 is 0 Å². The van der Waals surface area contributed by atoms with Crippen molar-refractivity contribution in [1.82, 2.24) is 15.2 Å². The fourth-order valence-corrected chi connectivity index (χ4v) is 3.09. The third kappa shape index (κ3) is 2.77. The molecule has 3 N–H and O–H groups in total. The molecular weight excluding hydrogens is 421 g/mol. The first-order chi connectivity index (χ1) is 9.13. The molecule has 0 spiro atoms. The van der Waals surface area contributed by atoms with Crippen LogP contribution in [0, 0.1) is 3.57 Å². The molecule has 0 aliphatic carbocycles. The molecule has 1 unspecified atom stereocenters. The van der Waals surface area contributed by atoms with Gasteiger partial charge in [-0.2, -0.15) is 4.98 Å². The third-order valence-electron chi connectivity index (χ3n) is 3.16. The fourth-order valence-electron chi connectivity index (χ4n) is 2.16. The van der Waals surface area contributed by atoms with Crippen LogP contribution in [0.1, 0.15) is 6.42 Å². The van der Waals surface area contributed by atoms with Crippen LogP contribution < -0.4 is 10.6 Å². The van der Waals surface area contributed by atoms with Crippen molar-refractivity contribution in [1.29, 1.82) is 0 Å². The molecule has 2 heterocycles. The van der Waals surface area contributed by atoms with Gasteiger partial charge >= 0.3 is 0 Å². The van der Waals surface area contributed by atoms with Gasteiger partial charge in [-0.25, -0.2) is 0 Å². The quantitative estimate of drug-likeness (QED) is 0.713. The van der Waals surface area contributed by atoms with Gasteiger partial charge in [0.1, 0.15) is 0 Å². The lowest BCUT2D eigenvalue weighted by molar-refractivity contribution is 0.750. The zero-order chi connectivity index (χ0) is 13.4. The Balaban J connectivity index is 1.90. The van der Waals surface area contributed by atoms with E-state index in [0.717, 1.165) is 44.9 Å². The largest absolute Gasteiger partial charge is 0.338 e. The van der Waals surface area contributed by atoms with Gasteiger partial charge in [-0.05, 0) is 47.2 Å². The SMILES string of the molecule is NC1CCN(c2n[nH]c(-c3cc(I)ccc3Br)n2)C1. The summed E-state index contributed by atoms with van der Waals surface area (Å²) >= 11 is 5.83. The molecule has 100 valence electrons. The van der Waals surface area contributed by atoms with Crippen LogP contribution in [0.3, 0.4) is 0 Å². The highest BCUT2D eigenvalue weighted by Crippen LogP contribution is 2.28. The first-order valence-electron chi connectivity index (χ1n) is 6.02. The standard InChI is InChI=1S/C12H13BrIN5/c13-10-2-1-7(14)5-9(10)11-16-12(18-17-11)19-4-3-8(15)6-19/h1-2,5,8H,3-4,6,15H2,(H,16,17,18). The maximum absolute atomic E-state index is 5.91. The highest BCUT2D eigenvalue weighted by Gasteiger charge is 2.22. The van der Waals surface area contributed by atoms with Crippen molar-refractivity contribution in [3.8, 4) is 11.4 Å². The summed E-state index contributed by atoms with van der Waals surface area (Å²) in [6, 6.07) is 6.37. The van der Waals surface area contributed by atoms with E-state index < -0.39 is 0 Å². The number of rotatable bonds is 2. The minimum absolute atomic E-state index is 0.228. The monoisotopic (exact) mass is 433 g/mol. The number of hydrogen-bond acceptors (Lipinski definition) is 4. The first kappa shape index (κ1) is 13.3.